The van der Waals surface area contributed by atoms with E-state index in [1.165, 1.54) is 5.56 Å². The normalized spacial score (nSPS) is 10.6. The van der Waals surface area contributed by atoms with Crippen molar-refractivity contribution in [2.24, 2.45) is 0 Å². The van der Waals surface area contributed by atoms with Gasteiger partial charge in [0.2, 0.25) is 0 Å². The van der Waals surface area contributed by atoms with Crippen LogP contribution in [0.5, 0.6) is 0 Å². The number of hydrogen-bond donors (Lipinski definition) is 2. The fraction of sp³-hybridized carbons (Fsp3) is 0.308. The predicted molar refractivity (Wildman–Crippen MR) is 67.6 cm³/mol. The molecule has 2 rings (SSSR count). The van der Waals surface area contributed by atoms with Crippen molar-refractivity contribution in [2.75, 3.05) is 12.3 Å². The van der Waals surface area contributed by atoms with E-state index in [1.807, 2.05) is 24.3 Å². The van der Waals surface area contributed by atoms with Gasteiger partial charge in [0.1, 0.15) is 5.82 Å². The SMILES string of the molecule is Nc1cc(CCc2ccccc2)nn1CCO. The lowest BCUT2D eigenvalue weighted by molar-refractivity contribution is 0.270. The topological polar surface area (TPSA) is 64.1 Å². The number of nitrogen functional groups attached to an aromatic ring is 1. The van der Waals surface area contributed by atoms with Gasteiger partial charge in [0.25, 0.3) is 0 Å². The van der Waals surface area contributed by atoms with Gasteiger partial charge in [-0.15, -0.1) is 0 Å². The number of benzene rings is 1. The molecule has 4 nitrogen and oxygen atoms in total. The highest BCUT2D eigenvalue weighted by Gasteiger charge is 2.04. The second-order valence-electron chi connectivity index (χ2n) is 3.99. The molecule has 0 unspecified atom stereocenters. The van der Waals surface area contributed by atoms with Crippen molar-refractivity contribution in [1.29, 1.82) is 0 Å². The Morgan fingerprint density at radius 1 is 1.18 bits per heavy atom. The molecular weight excluding hydrogens is 214 g/mol. The summed E-state index contributed by atoms with van der Waals surface area (Å²) >= 11 is 0. The largest absolute Gasteiger partial charge is 0.394 e. The van der Waals surface area contributed by atoms with E-state index in [1.54, 1.807) is 4.68 Å². The smallest absolute Gasteiger partial charge is 0.122 e. The van der Waals surface area contributed by atoms with Crippen molar-refractivity contribution in [1.82, 2.24) is 9.78 Å². The van der Waals surface area contributed by atoms with E-state index in [0.29, 0.717) is 12.4 Å². The highest BCUT2D eigenvalue weighted by atomic mass is 16.3. The average molecular weight is 231 g/mol. The zero-order chi connectivity index (χ0) is 12.1. The van der Waals surface area contributed by atoms with Crippen LogP contribution in [0.4, 0.5) is 5.82 Å². The first kappa shape index (κ1) is 11.7. The molecule has 0 bridgehead atoms. The van der Waals surface area contributed by atoms with Crippen LogP contribution < -0.4 is 5.73 Å². The van der Waals surface area contributed by atoms with Crippen LogP contribution in [-0.4, -0.2) is 21.5 Å². The van der Waals surface area contributed by atoms with Crippen LogP contribution in [0.1, 0.15) is 11.3 Å². The Morgan fingerprint density at radius 2 is 1.94 bits per heavy atom. The molecule has 0 aliphatic heterocycles. The molecule has 0 saturated carbocycles. The molecule has 4 heteroatoms. The number of anilines is 1. The molecule has 0 aliphatic carbocycles. The molecule has 2 aromatic rings. The molecule has 0 atom stereocenters. The van der Waals surface area contributed by atoms with Gasteiger partial charge in [-0.25, -0.2) is 4.68 Å². The van der Waals surface area contributed by atoms with Gasteiger partial charge in [-0.05, 0) is 18.4 Å². The molecular formula is C13H17N3O. The maximum absolute atomic E-state index is 8.84. The summed E-state index contributed by atoms with van der Waals surface area (Å²) in [6, 6.07) is 12.2. The van der Waals surface area contributed by atoms with E-state index in [9.17, 15) is 0 Å². The lowest BCUT2D eigenvalue weighted by Gasteiger charge is -2.00. The van der Waals surface area contributed by atoms with E-state index in [0.717, 1.165) is 18.5 Å². The maximum Gasteiger partial charge on any atom is 0.122 e. The number of aliphatic hydroxyl groups excluding tert-OH is 1. The van der Waals surface area contributed by atoms with E-state index in [-0.39, 0.29) is 6.61 Å². The van der Waals surface area contributed by atoms with E-state index in [4.69, 9.17) is 10.8 Å². The number of hydrogen-bond acceptors (Lipinski definition) is 3. The second kappa shape index (κ2) is 5.50. The van der Waals surface area contributed by atoms with Crippen LogP contribution in [0.2, 0.25) is 0 Å². The highest BCUT2D eigenvalue weighted by Crippen LogP contribution is 2.10. The van der Waals surface area contributed by atoms with Gasteiger partial charge in [-0.3, -0.25) is 0 Å². The zero-order valence-electron chi connectivity index (χ0n) is 9.71. The van der Waals surface area contributed by atoms with Crippen LogP contribution in [-0.2, 0) is 19.4 Å². The maximum atomic E-state index is 8.84. The van der Waals surface area contributed by atoms with E-state index in [2.05, 4.69) is 17.2 Å². The standard InChI is InChI=1S/C13H17N3O/c14-13-10-12(15-16(13)8-9-17)7-6-11-4-2-1-3-5-11/h1-5,10,17H,6-9,14H2. The number of aliphatic hydroxyl groups is 1. The van der Waals surface area contributed by atoms with Gasteiger partial charge >= 0.3 is 0 Å². The zero-order valence-corrected chi connectivity index (χ0v) is 9.71. The number of rotatable bonds is 5. The molecule has 0 amide bonds. The lowest BCUT2D eigenvalue weighted by atomic mass is 10.1. The molecule has 17 heavy (non-hydrogen) atoms. The van der Waals surface area contributed by atoms with Gasteiger partial charge in [0.05, 0.1) is 18.8 Å². The number of nitrogens with two attached hydrogens (primary N) is 1. The van der Waals surface area contributed by atoms with Crippen LogP contribution in [0, 0.1) is 0 Å². The molecule has 0 radical (unpaired) electrons. The minimum absolute atomic E-state index is 0.0595. The Balaban J connectivity index is 1.97. The summed E-state index contributed by atoms with van der Waals surface area (Å²) in [5.41, 5.74) is 8.05. The van der Waals surface area contributed by atoms with Crippen molar-refractivity contribution in [3.8, 4) is 0 Å². The summed E-state index contributed by atoms with van der Waals surface area (Å²) in [7, 11) is 0. The quantitative estimate of drug-likeness (QED) is 0.813. The summed E-state index contributed by atoms with van der Waals surface area (Å²) in [6.07, 6.45) is 1.82. The third-order valence-corrected chi connectivity index (χ3v) is 2.69. The van der Waals surface area contributed by atoms with Crippen LogP contribution in [0.15, 0.2) is 36.4 Å². The minimum Gasteiger partial charge on any atom is -0.394 e. The fourth-order valence-corrected chi connectivity index (χ4v) is 1.80. The minimum atomic E-state index is 0.0595. The average Bonchev–Trinajstić information content (AvgIpc) is 2.70. The molecule has 0 fully saturated rings. The molecule has 1 aromatic carbocycles. The molecule has 0 spiro atoms. The van der Waals surface area contributed by atoms with Gasteiger partial charge in [0, 0.05) is 6.07 Å². The summed E-state index contributed by atoms with van der Waals surface area (Å²) in [4.78, 5) is 0. The van der Waals surface area contributed by atoms with Crippen LogP contribution in [0.3, 0.4) is 0 Å². The highest BCUT2D eigenvalue weighted by molar-refractivity contribution is 5.31. The Bertz CT molecular complexity index is 465. The number of aromatic nitrogens is 2. The summed E-state index contributed by atoms with van der Waals surface area (Å²) in [6.45, 7) is 0.515. The van der Waals surface area contributed by atoms with Gasteiger partial charge < -0.3 is 10.8 Å². The first-order valence-corrected chi connectivity index (χ1v) is 5.76. The van der Waals surface area contributed by atoms with Crippen LogP contribution >= 0.6 is 0 Å². The monoisotopic (exact) mass is 231 g/mol. The Labute approximate surface area is 101 Å². The first-order chi connectivity index (χ1) is 8.29. The molecule has 0 saturated heterocycles. The van der Waals surface area contributed by atoms with Crippen LogP contribution in [0.25, 0.3) is 0 Å². The van der Waals surface area contributed by atoms with E-state index < -0.39 is 0 Å². The third kappa shape index (κ3) is 3.07. The second-order valence-corrected chi connectivity index (χ2v) is 3.99. The fourth-order valence-electron chi connectivity index (χ4n) is 1.80. The Kier molecular flexibility index (Phi) is 3.77. The van der Waals surface area contributed by atoms with Gasteiger partial charge in [-0.2, -0.15) is 5.10 Å². The summed E-state index contributed by atoms with van der Waals surface area (Å²) < 4.78 is 1.64. The van der Waals surface area contributed by atoms with Gasteiger partial charge in [0.15, 0.2) is 0 Å². The third-order valence-electron chi connectivity index (χ3n) is 2.69. The molecule has 90 valence electrons. The molecule has 3 N–H and O–H groups in total. The lowest BCUT2D eigenvalue weighted by Crippen LogP contribution is -2.07. The molecule has 1 aromatic heterocycles. The predicted octanol–water partition coefficient (Wildman–Crippen LogP) is 1.24. The number of nitrogens with zero attached hydrogens (tertiary/aromatic N) is 2. The molecule has 1 heterocycles. The first-order valence-electron chi connectivity index (χ1n) is 5.76. The number of aryl methyl sites for hydroxylation is 2. The Hall–Kier alpha value is -1.81. The van der Waals surface area contributed by atoms with Crippen molar-refractivity contribution in [3.63, 3.8) is 0 Å². The van der Waals surface area contributed by atoms with Crippen molar-refractivity contribution in [3.05, 3.63) is 47.7 Å². The van der Waals surface area contributed by atoms with E-state index >= 15 is 0 Å². The van der Waals surface area contributed by atoms with Crippen molar-refractivity contribution >= 4 is 5.82 Å². The summed E-state index contributed by atoms with van der Waals surface area (Å²) in [5.74, 6) is 0.613. The van der Waals surface area contributed by atoms with Gasteiger partial charge in [-0.1, -0.05) is 30.3 Å². The van der Waals surface area contributed by atoms with Crippen molar-refractivity contribution in [2.45, 2.75) is 19.4 Å². The van der Waals surface area contributed by atoms with Crippen molar-refractivity contribution < 1.29 is 5.11 Å². The Morgan fingerprint density at radius 3 is 2.65 bits per heavy atom. The molecule has 0 aliphatic rings. The summed E-state index contributed by atoms with van der Waals surface area (Å²) in [5, 5.41) is 13.2.